The first-order chi connectivity index (χ1) is 15.6. The van der Waals surface area contributed by atoms with Crippen LogP contribution in [0.1, 0.15) is 29.7 Å². The van der Waals surface area contributed by atoms with Gasteiger partial charge in [0.25, 0.3) is 0 Å². The second-order valence-electron chi connectivity index (χ2n) is 8.29. The van der Waals surface area contributed by atoms with E-state index < -0.39 is 0 Å². The number of nitrogens with zero attached hydrogens (tertiary/aromatic N) is 1. The summed E-state index contributed by atoms with van der Waals surface area (Å²) in [5.41, 5.74) is 9.81. The van der Waals surface area contributed by atoms with Gasteiger partial charge < -0.3 is 15.2 Å². The van der Waals surface area contributed by atoms with Crippen molar-refractivity contribution in [2.24, 2.45) is 11.7 Å². The van der Waals surface area contributed by atoms with Crippen LogP contribution < -0.4 is 5.73 Å². The summed E-state index contributed by atoms with van der Waals surface area (Å²) in [6.07, 6.45) is -0.351. The first-order valence-electron chi connectivity index (χ1n) is 11.1. The molecule has 0 radical (unpaired) electrons. The first-order valence-corrected chi connectivity index (χ1v) is 11.1. The van der Waals surface area contributed by atoms with Gasteiger partial charge in [0.05, 0.1) is 19.3 Å². The maximum atomic E-state index is 13.2. The molecule has 0 spiro atoms. The van der Waals surface area contributed by atoms with E-state index in [-0.39, 0.29) is 36.7 Å². The Hall–Kier alpha value is -3.15. The number of carbonyl (C=O) groups excluding carboxylic acids is 1. The van der Waals surface area contributed by atoms with Gasteiger partial charge in [-0.05, 0) is 23.6 Å². The Morgan fingerprint density at radius 2 is 1.38 bits per heavy atom. The molecule has 1 saturated heterocycles. The van der Waals surface area contributed by atoms with Crippen LogP contribution >= 0.6 is 0 Å². The van der Waals surface area contributed by atoms with Crippen molar-refractivity contribution in [1.29, 1.82) is 0 Å². The molecule has 1 fully saturated rings. The second-order valence-corrected chi connectivity index (χ2v) is 8.29. The Bertz CT molecular complexity index is 982. The fourth-order valence-electron chi connectivity index (χ4n) is 4.44. The molecule has 0 aliphatic carbocycles. The standard InChI is InChI=1S/C27H30N2O3/c1-20-24(19-31-17-21-11-5-2-6-12-21)25(28)26(23-15-9-4-10-16-23)29(20)27(30)32-18-22-13-7-3-8-14-22/h2-16,20,24-26H,17-19,28H2,1H3/t20-,24+,25+,26+/m1/s1. The summed E-state index contributed by atoms with van der Waals surface area (Å²) in [6.45, 7) is 3.26. The molecule has 5 nitrogen and oxygen atoms in total. The van der Waals surface area contributed by atoms with Crippen molar-refractivity contribution >= 4 is 6.09 Å². The lowest BCUT2D eigenvalue weighted by molar-refractivity contribution is 0.0594. The van der Waals surface area contributed by atoms with Crippen LogP contribution in [0.3, 0.4) is 0 Å². The van der Waals surface area contributed by atoms with Crippen LogP contribution in [0.25, 0.3) is 0 Å². The Balaban J connectivity index is 1.48. The van der Waals surface area contributed by atoms with Crippen LogP contribution in [0.5, 0.6) is 0 Å². The van der Waals surface area contributed by atoms with Crippen LogP contribution in [0.4, 0.5) is 4.79 Å². The third kappa shape index (κ3) is 5.01. The van der Waals surface area contributed by atoms with Crippen molar-refractivity contribution in [2.75, 3.05) is 6.61 Å². The van der Waals surface area contributed by atoms with E-state index in [0.29, 0.717) is 13.2 Å². The molecule has 32 heavy (non-hydrogen) atoms. The summed E-state index contributed by atoms with van der Waals surface area (Å²) < 4.78 is 11.7. The van der Waals surface area contributed by atoms with Gasteiger partial charge >= 0.3 is 6.09 Å². The summed E-state index contributed by atoms with van der Waals surface area (Å²) in [6, 6.07) is 29.1. The number of carbonyl (C=O) groups is 1. The van der Waals surface area contributed by atoms with Gasteiger partial charge in [-0.3, -0.25) is 4.90 Å². The van der Waals surface area contributed by atoms with Crippen molar-refractivity contribution in [3.63, 3.8) is 0 Å². The molecule has 0 aromatic heterocycles. The summed E-state index contributed by atoms with van der Waals surface area (Å²) in [7, 11) is 0. The first kappa shape index (κ1) is 22.1. The normalized spacial score (nSPS) is 22.6. The Labute approximate surface area is 189 Å². The molecule has 0 unspecified atom stereocenters. The van der Waals surface area contributed by atoms with E-state index in [0.717, 1.165) is 16.7 Å². The Morgan fingerprint density at radius 1 is 0.844 bits per heavy atom. The number of hydrogen-bond acceptors (Lipinski definition) is 4. The van der Waals surface area contributed by atoms with Gasteiger partial charge in [-0.2, -0.15) is 0 Å². The maximum absolute atomic E-state index is 13.2. The van der Waals surface area contributed by atoms with E-state index >= 15 is 0 Å². The van der Waals surface area contributed by atoms with Crippen molar-refractivity contribution in [3.8, 4) is 0 Å². The van der Waals surface area contributed by atoms with E-state index in [1.807, 2.05) is 97.9 Å². The van der Waals surface area contributed by atoms with Gasteiger partial charge in [0, 0.05) is 18.0 Å². The zero-order chi connectivity index (χ0) is 22.3. The number of ether oxygens (including phenoxy) is 2. The number of likely N-dealkylation sites (tertiary alicyclic amines) is 1. The predicted octanol–water partition coefficient (Wildman–Crippen LogP) is 4.93. The molecular formula is C27H30N2O3. The maximum Gasteiger partial charge on any atom is 0.410 e. The van der Waals surface area contributed by atoms with Crippen LogP contribution in [-0.4, -0.2) is 29.7 Å². The number of hydrogen-bond donors (Lipinski definition) is 1. The number of rotatable bonds is 7. The zero-order valence-electron chi connectivity index (χ0n) is 18.3. The fraction of sp³-hybridized carbons (Fsp3) is 0.296. The lowest BCUT2D eigenvalue weighted by atomic mass is 9.92. The van der Waals surface area contributed by atoms with Crippen molar-refractivity contribution in [3.05, 3.63) is 108 Å². The zero-order valence-corrected chi connectivity index (χ0v) is 18.3. The highest BCUT2D eigenvalue weighted by molar-refractivity contribution is 5.70. The lowest BCUT2D eigenvalue weighted by Crippen LogP contribution is -2.39. The molecule has 0 saturated carbocycles. The minimum atomic E-state index is -0.351. The molecule has 4 atom stereocenters. The van der Waals surface area contributed by atoms with E-state index in [1.165, 1.54) is 0 Å². The number of nitrogens with two attached hydrogens (primary N) is 1. The van der Waals surface area contributed by atoms with Crippen molar-refractivity contribution in [1.82, 2.24) is 4.90 Å². The minimum absolute atomic E-state index is 0.00630. The van der Waals surface area contributed by atoms with Crippen LogP contribution in [0.15, 0.2) is 91.0 Å². The largest absolute Gasteiger partial charge is 0.445 e. The summed E-state index contributed by atoms with van der Waals surface area (Å²) in [5, 5.41) is 0. The number of benzene rings is 3. The molecule has 166 valence electrons. The van der Waals surface area contributed by atoms with Crippen molar-refractivity contribution in [2.45, 2.75) is 38.3 Å². The predicted molar refractivity (Wildman–Crippen MR) is 125 cm³/mol. The average molecular weight is 431 g/mol. The van der Waals surface area contributed by atoms with Gasteiger partial charge in [0.2, 0.25) is 0 Å². The Morgan fingerprint density at radius 3 is 1.97 bits per heavy atom. The summed E-state index contributed by atoms with van der Waals surface area (Å²) in [4.78, 5) is 15.0. The van der Waals surface area contributed by atoms with Crippen LogP contribution in [0.2, 0.25) is 0 Å². The van der Waals surface area contributed by atoms with E-state index in [4.69, 9.17) is 15.2 Å². The molecule has 1 aliphatic rings. The molecule has 1 heterocycles. The van der Waals surface area contributed by atoms with Gasteiger partial charge in [-0.25, -0.2) is 4.79 Å². The third-order valence-electron chi connectivity index (χ3n) is 6.20. The van der Waals surface area contributed by atoms with Gasteiger partial charge in [0.15, 0.2) is 0 Å². The molecule has 1 amide bonds. The van der Waals surface area contributed by atoms with Crippen molar-refractivity contribution < 1.29 is 14.3 Å². The quantitative estimate of drug-likeness (QED) is 0.577. The topological polar surface area (TPSA) is 64.8 Å². The monoisotopic (exact) mass is 430 g/mol. The second kappa shape index (κ2) is 10.4. The van der Waals surface area contributed by atoms with Gasteiger partial charge in [-0.1, -0.05) is 91.0 Å². The summed E-state index contributed by atoms with van der Waals surface area (Å²) >= 11 is 0. The molecule has 3 aromatic carbocycles. The van der Waals surface area contributed by atoms with E-state index in [9.17, 15) is 4.79 Å². The van der Waals surface area contributed by atoms with E-state index in [2.05, 4.69) is 0 Å². The SMILES string of the molecule is C[C@@H]1[C@H](COCc2ccccc2)[C@H](N)[C@H](c2ccccc2)N1C(=O)OCc1ccccc1. The van der Waals surface area contributed by atoms with Crippen LogP contribution in [-0.2, 0) is 22.7 Å². The average Bonchev–Trinajstić information content (AvgIpc) is 3.09. The smallest absolute Gasteiger partial charge is 0.410 e. The molecule has 1 aliphatic heterocycles. The highest BCUT2D eigenvalue weighted by Crippen LogP contribution is 2.40. The van der Waals surface area contributed by atoms with Gasteiger partial charge in [-0.15, -0.1) is 0 Å². The molecule has 3 aromatic rings. The highest BCUT2D eigenvalue weighted by atomic mass is 16.6. The molecule has 0 bridgehead atoms. The molecule has 2 N–H and O–H groups in total. The highest BCUT2D eigenvalue weighted by Gasteiger charge is 2.48. The molecule has 4 rings (SSSR count). The Kier molecular flexibility index (Phi) is 7.20. The van der Waals surface area contributed by atoms with E-state index in [1.54, 1.807) is 4.90 Å². The third-order valence-corrected chi connectivity index (χ3v) is 6.20. The van der Waals surface area contributed by atoms with Crippen LogP contribution in [0, 0.1) is 5.92 Å². The summed E-state index contributed by atoms with van der Waals surface area (Å²) in [5.74, 6) is -0.00630. The molecule has 5 heteroatoms. The number of amides is 1. The minimum Gasteiger partial charge on any atom is -0.445 e. The fourth-order valence-corrected chi connectivity index (χ4v) is 4.44. The molecular weight excluding hydrogens is 400 g/mol. The lowest BCUT2D eigenvalue weighted by Gasteiger charge is -2.29. The van der Waals surface area contributed by atoms with Gasteiger partial charge in [0.1, 0.15) is 6.61 Å².